The van der Waals surface area contributed by atoms with Crippen LogP contribution in [0.2, 0.25) is 0 Å². The fraction of sp³-hybridized carbons (Fsp3) is 0.708. The summed E-state index contributed by atoms with van der Waals surface area (Å²) in [6.45, 7) is 7.61. The normalized spacial score (nSPS) is 16.0. The van der Waals surface area contributed by atoms with E-state index in [-0.39, 0.29) is 0 Å². The highest BCUT2D eigenvalue weighted by molar-refractivity contribution is 5.79. The van der Waals surface area contributed by atoms with E-state index in [2.05, 4.69) is 50.9 Å². The zero-order valence-corrected chi connectivity index (χ0v) is 19.1. The molecule has 0 amide bonds. The number of hydrogen-bond donors (Lipinski definition) is 2. The molecule has 6 nitrogen and oxygen atoms in total. The summed E-state index contributed by atoms with van der Waals surface area (Å²) in [5.74, 6) is 1.73. The third-order valence-corrected chi connectivity index (χ3v) is 5.68. The summed E-state index contributed by atoms with van der Waals surface area (Å²) in [5, 5.41) is 6.75. The lowest BCUT2D eigenvalue weighted by Gasteiger charge is -2.32. The number of piperidine rings is 1. The van der Waals surface area contributed by atoms with Crippen LogP contribution in [-0.4, -0.2) is 77.6 Å². The van der Waals surface area contributed by atoms with Gasteiger partial charge in [0.1, 0.15) is 0 Å². The molecule has 2 N–H and O–H groups in total. The molecule has 1 aliphatic heterocycles. The highest BCUT2D eigenvalue weighted by atomic mass is 16.5. The molecule has 1 saturated heterocycles. The molecule has 0 unspecified atom stereocenters. The molecule has 2 rings (SSSR count). The van der Waals surface area contributed by atoms with Crippen molar-refractivity contribution < 1.29 is 9.47 Å². The molecule has 0 aromatic heterocycles. The number of guanidine groups is 1. The summed E-state index contributed by atoms with van der Waals surface area (Å²) in [6, 6.07) is 10.9. The molecule has 0 bridgehead atoms. The SMILES string of the molecule is CN=C(NCCCCN1CCC(Cc2ccccc2)CC1)NCCCOCCOC. The summed E-state index contributed by atoms with van der Waals surface area (Å²) in [7, 11) is 3.51. The van der Waals surface area contributed by atoms with Gasteiger partial charge in [-0.15, -0.1) is 0 Å². The highest BCUT2D eigenvalue weighted by Gasteiger charge is 2.18. The van der Waals surface area contributed by atoms with Crippen molar-refractivity contribution in [2.45, 2.75) is 38.5 Å². The standard InChI is InChI=1S/C24H42N4O2/c1-25-24(27-14-8-18-30-20-19-29-2)26-13-6-7-15-28-16-11-23(12-17-28)21-22-9-4-3-5-10-22/h3-5,9-10,23H,6-8,11-21H2,1-2H3,(H2,25,26,27). The molecule has 30 heavy (non-hydrogen) atoms. The van der Waals surface area contributed by atoms with Crippen molar-refractivity contribution in [2.75, 3.05) is 66.7 Å². The number of benzene rings is 1. The van der Waals surface area contributed by atoms with Crippen LogP contribution in [0.25, 0.3) is 0 Å². The lowest BCUT2D eigenvalue weighted by Crippen LogP contribution is -2.39. The van der Waals surface area contributed by atoms with E-state index in [0.29, 0.717) is 13.2 Å². The topological polar surface area (TPSA) is 58.1 Å². The van der Waals surface area contributed by atoms with Gasteiger partial charge in [-0.3, -0.25) is 4.99 Å². The molecule has 0 spiro atoms. The summed E-state index contributed by atoms with van der Waals surface area (Å²) in [6.07, 6.45) is 7.28. The molecular formula is C24H42N4O2. The number of likely N-dealkylation sites (tertiary alicyclic amines) is 1. The molecule has 0 atom stereocenters. The summed E-state index contributed by atoms with van der Waals surface area (Å²) in [5.41, 5.74) is 1.49. The van der Waals surface area contributed by atoms with Crippen molar-refractivity contribution in [3.8, 4) is 0 Å². The van der Waals surface area contributed by atoms with E-state index in [4.69, 9.17) is 9.47 Å². The van der Waals surface area contributed by atoms with Crippen LogP contribution in [-0.2, 0) is 15.9 Å². The monoisotopic (exact) mass is 418 g/mol. The first-order chi connectivity index (χ1) is 14.8. The average Bonchev–Trinajstić information content (AvgIpc) is 2.78. The van der Waals surface area contributed by atoms with Crippen molar-refractivity contribution in [2.24, 2.45) is 10.9 Å². The minimum Gasteiger partial charge on any atom is -0.382 e. The molecule has 1 aromatic carbocycles. The quantitative estimate of drug-likeness (QED) is 0.276. The maximum Gasteiger partial charge on any atom is 0.190 e. The average molecular weight is 419 g/mol. The Labute approximate surface area is 183 Å². The number of ether oxygens (including phenoxy) is 2. The number of rotatable bonds is 14. The van der Waals surface area contributed by atoms with Crippen LogP contribution in [0.3, 0.4) is 0 Å². The Morgan fingerprint density at radius 1 is 1.00 bits per heavy atom. The second-order valence-corrected chi connectivity index (χ2v) is 8.07. The van der Waals surface area contributed by atoms with Gasteiger partial charge in [-0.25, -0.2) is 0 Å². The van der Waals surface area contributed by atoms with Gasteiger partial charge in [-0.1, -0.05) is 30.3 Å². The third kappa shape index (κ3) is 11.0. The van der Waals surface area contributed by atoms with Gasteiger partial charge in [0, 0.05) is 33.9 Å². The lowest BCUT2D eigenvalue weighted by molar-refractivity contribution is 0.0698. The fourth-order valence-electron chi connectivity index (χ4n) is 3.87. The Bertz CT molecular complexity index is 560. The van der Waals surface area contributed by atoms with E-state index < -0.39 is 0 Å². The van der Waals surface area contributed by atoms with E-state index in [1.807, 2.05) is 7.05 Å². The van der Waals surface area contributed by atoms with E-state index in [1.54, 1.807) is 7.11 Å². The maximum atomic E-state index is 5.47. The number of nitrogens with zero attached hydrogens (tertiary/aromatic N) is 2. The van der Waals surface area contributed by atoms with Crippen LogP contribution in [0.4, 0.5) is 0 Å². The van der Waals surface area contributed by atoms with Gasteiger partial charge in [-0.05, 0) is 69.6 Å². The van der Waals surface area contributed by atoms with Crippen LogP contribution in [0, 0.1) is 5.92 Å². The largest absolute Gasteiger partial charge is 0.382 e. The first kappa shape index (κ1) is 24.6. The van der Waals surface area contributed by atoms with Crippen molar-refractivity contribution >= 4 is 5.96 Å². The van der Waals surface area contributed by atoms with Gasteiger partial charge >= 0.3 is 0 Å². The summed E-state index contributed by atoms with van der Waals surface area (Å²) < 4.78 is 10.4. The second-order valence-electron chi connectivity index (χ2n) is 8.07. The minimum atomic E-state index is 0.655. The predicted octanol–water partition coefficient (Wildman–Crippen LogP) is 2.94. The van der Waals surface area contributed by atoms with Crippen LogP contribution < -0.4 is 10.6 Å². The van der Waals surface area contributed by atoms with Crippen LogP contribution >= 0.6 is 0 Å². The summed E-state index contributed by atoms with van der Waals surface area (Å²) in [4.78, 5) is 6.93. The van der Waals surface area contributed by atoms with Crippen molar-refractivity contribution in [3.63, 3.8) is 0 Å². The summed E-state index contributed by atoms with van der Waals surface area (Å²) >= 11 is 0. The highest BCUT2D eigenvalue weighted by Crippen LogP contribution is 2.21. The molecule has 0 aliphatic carbocycles. The maximum absolute atomic E-state index is 5.47. The van der Waals surface area contributed by atoms with Crippen LogP contribution in [0.1, 0.15) is 37.7 Å². The zero-order valence-electron chi connectivity index (χ0n) is 19.1. The van der Waals surface area contributed by atoms with Gasteiger partial charge in [0.25, 0.3) is 0 Å². The van der Waals surface area contributed by atoms with Crippen molar-refractivity contribution in [3.05, 3.63) is 35.9 Å². The number of aliphatic imine (C=N–C) groups is 1. The predicted molar refractivity (Wildman–Crippen MR) is 125 cm³/mol. The fourth-order valence-corrected chi connectivity index (χ4v) is 3.87. The third-order valence-electron chi connectivity index (χ3n) is 5.68. The zero-order chi connectivity index (χ0) is 21.3. The molecule has 0 saturated carbocycles. The molecule has 1 fully saturated rings. The number of nitrogens with one attached hydrogen (secondary N) is 2. The Hall–Kier alpha value is -1.63. The first-order valence-electron chi connectivity index (χ1n) is 11.6. The molecular weight excluding hydrogens is 376 g/mol. The smallest absolute Gasteiger partial charge is 0.190 e. The van der Waals surface area contributed by atoms with Gasteiger partial charge in [0.05, 0.1) is 13.2 Å². The molecule has 1 aromatic rings. The van der Waals surface area contributed by atoms with E-state index in [0.717, 1.165) is 38.0 Å². The Balaban J connectivity index is 1.44. The van der Waals surface area contributed by atoms with Crippen molar-refractivity contribution in [1.82, 2.24) is 15.5 Å². The molecule has 6 heteroatoms. The minimum absolute atomic E-state index is 0.655. The van der Waals surface area contributed by atoms with E-state index >= 15 is 0 Å². The van der Waals surface area contributed by atoms with Crippen molar-refractivity contribution in [1.29, 1.82) is 0 Å². The Kier molecular flexibility index (Phi) is 13.2. The first-order valence-corrected chi connectivity index (χ1v) is 11.6. The molecule has 0 radical (unpaired) electrons. The second kappa shape index (κ2) is 16.1. The number of hydrogen-bond acceptors (Lipinski definition) is 4. The number of methoxy groups -OCH3 is 1. The van der Waals surface area contributed by atoms with Gasteiger partial charge in [0.2, 0.25) is 0 Å². The Morgan fingerprint density at radius 2 is 1.73 bits per heavy atom. The van der Waals surface area contributed by atoms with Gasteiger partial charge in [0.15, 0.2) is 5.96 Å². The molecule has 1 heterocycles. The van der Waals surface area contributed by atoms with Crippen LogP contribution in [0.5, 0.6) is 0 Å². The Morgan fingerprint density at radius 3 is 2.43 bits per heavy atom. The van der Waals surface area contributed by atoms with Gasteiger partial charge in [-0.2, -0.15) is 0 Å². The number of unbranched alkanes of at least 4 members (excludes halogenated alkanes) is 1. The molecule has 170 valence electrons. The van der Waals surface area contributed by atoms with Crippen LogP contribution in [0.15, 0.2) is 35.3 Å². The molecule has 1 aliphatic rings. The van der Waals surface area contributed by atoms with Gasteiger partial charge < -0.3 is 25.0 Å². The van der Waals surface area contributed by atoms with E-state index in [1.165, 1.54) is 57.3 Å². The van der Waals surface area contributed by atoms with E-state index in [9.17, 15) is 0 Å². The lowest BCUT2D eigenvalue weighted by atomic mass is 9.90.